The summed E-state index contributed by atoms with van der Waals surface area (Å²) in [5, 5.41) is 3.64. The molecule has 2 rings (SSSR count). The van der Waals surface area contributed by atoms with Crippen LogP contribution in [-0.2, 0) is 17.8 Å². The largest absolute Gasteiger partial charge is 0.380 e. The number of nitrogens with one attached hydrogen (secondary N) is 1. The summed E-state index contributed by atoms with van der Waals surface area (Å²) in [7, 11) is 1.75. The van der Waals surface area contributed by atoms with Crippen molar-refractivity contribution in [3.05, 3.63) is 34.9 Å². The highest BCUT2D eigenvalue weighted by atomic mass is 16.5. The number of hydrogen-bond acceptors (Lipinski definition) is 2. The molecule has 0 aromatic heterocycles. The molecule has 1 aromatic rings. The minimum Gasteiger partial charge on any atom is -0.380 e. The first kappa shape index (κ1) is 12.6. The van der Waals surface area contributed by atoms with Gasteiger partial charge in [0.1, 0.15) is 0 Å². The summed E-state index contributed by atoms with van der Waals surface area (Å²) >= 11 is 0. The van der Waals surface area contributed by atoms with Crippen LogP contribution in [0.3, 0.4) is 0 Å². The topological polar surface area (TPSA) is 21.3 Å². The summed E-state index contributed by atoms with van der Waals surface area (Å²) in [4.78, 5) is 0. The van der Waals surface area contributed by atoms with Crippen molar-refractivity contribution in [2.45, 2.75) is 39.3 Å². The first-order valence-electron chi connectivity index (χ1n) is 6.54. The van der Waals surface area contributed by atoms with Crippen molar-refractivity contribution in [3.63, 3.8) is 0 Å². The van der Waals surface area contributed by atoms with E-state index in [2.05, 4.69) is 37.4 Å². The molecule has 0 saturated heterocycles. The molecule has 1 unspecified atom stereocenters. The lowest BCUT2D eigenvalue weighted by Gasteiger charge is -2.28. The van der Waals surface area contributed by atoms with E-state index < -0.39 is 0 Å². The van der Waals surface area contributed by atoms with Crippen LogP contribution < -0.4 is 5.32 Å². The predicted molar refractivity (Wildman–Crippen MR) is 71.1 cm³/mol. The average Bonchev–Trinajstić information content (AvgIpc) is 2.29. The number of methoxy groups -OCH3 is 1. The van der Waals surface area contributed by atoms with Crippen LogP contribution in [0.25, 0.3) is 0 Å². The summed E-state index contributed by atoms with van der Waals surface area (Å²) in [6.07, 6.45) is 2.36. The Morgan fingerprint density at radius 3 is 2.94 bits per heavy atom. The van der Waals surface area contributed by atoms with Gasteiger partial charge in [-0.2, -0.15) is 0 Å². The van der Waals surface area contributed by atoms with E-state index in [1.165, 1.54) is 23.1 Å². The van der Waals surface area contributed by atoms with Crippen molar-refractivity contribution in [1.29, 1.82) is 0 Å². The van der Waals surface area contributed by atoms with E-state index in [-0.39, 0.29) is 0 Å². The Kier molecular flexibility index (Phi) is 4.19. The Morgan fingerprint density at radius 1 is 1.41 bits per heavy atom. The molecule has 1 N–H and O–H groups in total. The Bertz CT molecular complexity index is 373. The maximum absolute atomic E-state index is 5.21. The van der Waals surface area contributed by atoms with E-state index in [0.29, 0.717) is 12.6 Å². The monoisotopic (exact) mass is 233 g/mol. The molecule has 1 aromatic carbocycles. The number of fused-ring (bicyclic) bond motifs is 1. The minimum absolute atomic E-state index is 0.524. The summed E-state index contributed by atoms with van der Waals surface area (Å²) in [6, 6.07) is 7.31. The van der Waals surface area contributed by atoms with Gasteiger partial charge in [0, 0.05) is 13.2 Å². The van der Waals surface area contributed by atoms with Crippen molar-refractivity contribution in [3.8, 4) is 0 Å². The van der Waals surface area contributed by atoms with Crippen molar-refractivity contribution in [2.24, 2.45) is 5.92 Å². The highest BCUT2D eigenvalue weighted by Crippen LogP contribution is 2.29. The maximum Gasteiger partial charge on any atom is 0.0713 e. The molecule has 1 atom stereocenters. The van der Waals surface area contributed by atoms with Gasteiger partial charge < -0.3 is 10.1 Å². The lowest BCUT2D eigenvalue weighted by atomic mass is 9.88. The second-order valence-corrected chi connectivity index (χ2v) is 5.35. The molecule has 0 fully saturated rings. The van der Waals surface area contributed by atoms with Gasteiger partial charge in [-0.15, -0.1) is 0 Å². The Balaban J connectivity index is 2.24. The lowest BCUT2D eigenvalue weighted by Crippen LogP contribution is -2.30. The van der Waals surface area contributed by atoms with Crippen LogP contribution in [0.1, 0.15) is 43.0 Å². The number of benzene rings is 1. The van der Waals surface area contributed by atoms with Crippen LogP contribution >= 0.6 is 0 Å². The molecule has 94 valence electrons. The van der Waals surface area contributed by atoms with Gasteiger partial charge in [-0.3, -0.25) is 0 Å². The molecule has 1 aliphatic heterocycles. The molecule has 0 saturated carbocycles. The molecule has 1 heterocycles. The quantitative estimate of drug-likeness (QED) is 0.863. The molecule has 0 amide bonds. The Hall–Kier alpha value is -0.860. The van der Waals surface area contributed by atoms with Crippen LogP contribution in [0.5, 0.6) is 0 Å². The molecule has 1 aliphatic rings. The van der Waals surface area contributed by atoms with Crippen molar-refractivity contribution >= 4 is 0 Å². The molecule has 0 radical (unpaired) electrons. The molecule has 2 heteroatoms. The normalized spacial score (nSPS) is 19.4. The smallest absolute Gasteiger partial charge is 0.0713 e. The third-order valence-electron chi connectivity index (χ3n) is 3.39. The first-order chi connectivity index (χ1) is 8.20. The second-order valence-electron chi connectivity index (χ2n) is 5.35. The van der Waals surface area contributed by atoms with Gasteiger partial charge in [0.2, 0.25) is 0 Å². The molecule has 2 nitrogen and oxygen atoms in total. The number of rotatable bonds is 4. The van der Waals surface area contributed by atoms with E-state index in [1.54, 1.807) is 7.11 Å². The van der Waals surface area contributed by atoms with Crippen LogP contribution in [0.15, 0.2) is 18.2 Å². The van der Waals surface area contributed by atoms with Gasteiger partial charge in [-0.05, 0) is 42.0 Å². The van der Waals surface area contributed by atoms with Gasteiger partial charge in [-0.25, -0.2) is 0 Å². The molecular weight excluding hydrogens is 210 g/mol. The summed E-state index contributed by atoms with van der Waals surface area (Å²) in [5.74, 6) is 0.726. The summed E-state index contributed by atoms with van der Waals surface area (Å²) in [5.41, 5.74) is 4.28. The fraction of sp³-hybridized carbons (Fsp3) is 0.600. The van der Waals surface area contributed by atoms with Crippen molar-refractivity contribution in [1.82, 2.24) is 5.32 Å². The molecule has 17 heavy (non-hydrogen) atoms. The Labute approximate surface area is 104 Å². The molecule has 0 aliphatic carbocycles. The summed E-state index contributed by atoms with van der Waals surface area (Å²) in [6.45, 7) is 6.39. The van der Waals surface area contributed by atoms with E-state index >= 15 is 0 Å². The molecule has 0 bridgehead atoms. The average molecular weight is 233 g/mol. The van der Waals surface area contributed by atoms with Gasteiger partial charge in [0.05, 0.1) is 6.61 Å². The third kappa shape index (κ3) is 3.08. The van der Waals surface area contributed by atoms with Gasteiger partial charge in [0.15, 0.2) is 0 Å². The third-order valence-corrected chi connectivity index (χ3v) is 3.39. The van der Waals surface area contributed by atoms with E-state index in [1.807, 2.05) is 0 Å². The Morgan fingerprint density at radius 2 is 2.24 bits per heavy atom. The zero-order chi connectivity index (χ0) is 12.3. The maximum atomic E-state index is 5.21. The fourth-order valence-corrected chi connectivity index (χ4v) is 2.63. The fourth-order valence-electron chi connectivity index (χ4n) is 2.63. The van der Waals surface area contributed by atoms with Gasteiger partial charge >= 0.3 is 0 Å². The van der Waals surface area contributed by atoms with Gasteiger partial charge in [-0.1, -0.05) is 32.0 Å². The first-order valence-corrected chi connectivity index (χ1v) is 6.54. The van der Waals surface area contributed by atoms with Crippen LogP contribution in [0.4, 0.5) is 0 Å². The van der Waals surface area contributed by atoms with E-state index in [4.69, 9.17) is 4.74 Å². The van der Waals surface area contributed by atoms with Crippen molar-refractivity contribution < 1.29 is 4.74 Å². The van der Waals surface area contributed by atoms with Gasteiger partial charge in [0.25, 0.3) is 0 Å². The molecule has 0 spiro atoms. The SMILES string of the molecule is COCc1ccc2c(c1)C(CC(C)C)NCC2. The zero-order valence-corrected chi connectivity index (χ0v) is 11.1. The predicted octanol–water partition coefficient (Wildman–Crippen LogP) is 3.07. The lowest BCUT2D eigenvalue weighted by molar-refractivity contribution is 0.184. The number of hydrogen-bond donors (Lipinski definition) is 1. The highest BCUT2D eigenvalue weighted by Gasteiger charge is 2.20. The zero-order valence-electron chi connectivity index (χ0n) is 11.1. The molecular formula is C15H23NO. The minimum atomic E-state index is 0.524. The van der Waals surface area contributed by atoms with Crippen molar-refractivity contribution in [2.75, 3.05) is 13.7 Å². The second kappa shape index (κ2) is 5.65. The van der Waals surface area contributed by atoms with E-state index in [0.717, 1.165) is 18.9 Å². The van der Waals surface area contributed by atoms with Crippen LogP contribution in [-0.4, -0.2) is 13.7 Å². The van der Waals surface area contributed by atoms with E-state index in [9.17, 15) is 0 Å². The summed E-state index contributed by atoms with van der Waals surface area (Å²) < 4.78 is 5.21. The van der Waals surface area contributed by atoms with Crippen LogP contribution in [0, 0.1) is 5.92 Å². The van der Waals surface area contributed by atoms with Crippen LogP contribution in [0.2, 0.25) is 0 Å². The highest BCUT2D eigenvalue weighted by molar-refractivity contribution is 5.36. The standard InChI is InChI=1S/C15H23NO/c1-11(2)8-15-14-9-12(10-17-3)4-5-13(14)6-7-16-15/h4-5,9,11,15-16H,6-8,10H2,1-3H3. The number of ether oxygens (including phenoxy) is 1.